The van der Waals surface area contributed by atoms with Crippen molar-refractivity contribution in [2.24, 2.45) is 0 Å². The molecule has 0 bridgehead atoms. The Kier molecular flexibility index (Phi) is 13.8. The van der Waals surface area contributed by atoms with Crippen LogP contribution in [0.5, 0.6) is 0 Å². The van der Waals surface area contributed by atoms with Gasteiger partial charge >= 0.3 is 0 Å². The number of halogens is 1. The molecular weight excluding hydrogens is 148 g/mol. The zero-order valence-corrected chi connectivity index (χ0v) is 7.74. The van der Waals surface area contributed by atoms with Gasteiger partial charge in [0.1, 0.15) is 0 Å². The second-order valence-electron chi connectivity index (χ2n) is 0.917. The van der Waals surface area contributed by atoms with Crippen molar-refractivity contribution in [2.45, 2.75) is 27.7 Å². The molecule has 1 aromatic rings. The molecule has 0 aliphatic rings. The van der Waals surface area contributed by atoms with E-state index in [1.807, 2.05) is 27.7 Å². The Labute approximate surface area is 67.6 Å². The maximum atomic E-state index is 5.36. The number of rotatable bonds is 0. The van der Waals surface area contributed by atoms with Gasteiger partial charge in [-0.15, -0.1) is 0 Å². The zero-order valence-electron chi connectivity index (χ0n) is 6.98. The van der Waals surface area contributed by atoms with E-state index in [-0.39, 0.29) is 0 Å². The van der Waals surface area contributed by atoms with Gasteiger partial charge < -0.3 is 0 Å². The van der Waals surface area contributed by atoms with Gasteiger partial charge in [0.25, 0.3) is 0 Å². The standard InChI is InChI=1S/C3H3ClN2.2C2H6/c4-3-1-5-6-2-3;2*1-2/h1-2H,(H,5,6);2*1-2H3. The highest BCUT2D eigenvalue weighted by Gasteiger charge is 1.77. The molecule has 1 heterocycles. The fourth-order valence-corrected chi connectivity index (χ4v) is 0.333. The van der Waals surface area contributed by atoms with E-state index in [9.17, 15) is 0 Å². The first-order valence-corrected chi connectivity index (χ1v) is 3.91. The fraction of sp³-hybridized carbons (Fsp3) is 0.571. The molecule has 0 atom stereocenters. The van der Waals surface area contributed by atoms with Gasteiger partial charge in [-0.05, 0) is 0 Å². The topological polar surface area (TPSA) is 28.7 Å². The van der Waals surface area contributed by atoms with Gasteiger partial charge in [-0.25, -0.2) is 0 Å². The molecule has 0 aliphatic heterocycles. The molecule has 1 N–H and O–H groups in total. The van der Waals surface area contributed by atoms with E-state index in [1.165, 1.54) is 0 Å². The van der Waals surface area contributed by atoms with Crippen LogP contribution in [-0.2, 0) is 0 Å². The van der Waals surface area contributed by atoms with Crippen LogP contribution in [0.2, 0.25) is 5.02 Å². The number of aromatic amines is 1. The summed E-state index contributed by atoms with van der Waals surface area (Å²) < 4.78 is 0. The molecular formula is C7H15ClN2. The molecule has 2 nitrogen and oxygen atoms in total. The molecule has 1 rings (SSSR count). The molecule has 1 aromatic heterocycles. The van der Waals surface area contributed by atoms with E-state index in [0.717, 1.165) is 0 Å². The van der Waals surface area contributed by atoms with Crippen LogP contribution in [0.3, 0.4) is 0 Å². The van der Waals surface area contributed by atoms with Gasteiger partial charge in [0.05, 0.1) is 11.2 Å². The molecule has 0 spiro atoms. The molecule has 10 heavy (non-hydrogen) atoms. The SMILES string of the molecule is CC.CC.Clc1cn[nH]c1. The van der Waals surface area contributed by atoms with E-state index in [2.05, 4.69) is 10.2 Å². The van der Waals surface area contributed by atoms with Gasteiger partial charge in [0, 0.05) is 6.20 Å². The second kappa shape index (κ2) is 11.3. The summed E-state index contributed by atoms with van der Waals surface area (Å²) in [6.07, 6.45) is 3.16. The van der Waals surface area contributed by atoms with Gasteiger partial charge in [0.15, 0.2) is 0 Å². The Hall–Kier alpha value is -0.500. The lowest BCUT2D eigenvalue weighted by atomic mass is 10.8. The van der Waals surface area contributed by atoms with E-state index in [0.29, 0.717) is 5.02 Å². The lowest BCUT2D eigenvalue weighted by molar-refractivity contribution is 1.09. The van der Waals surface area contributed by atoms with Crippen LogP contribution in [-0.4, -0.2) is 10.2 Å². The first-order chi connectivity index (χ1) is 4.89. The minimum absolute atomic E-state index is 0.648. The lowest BCUT2D eigenvalue weighted by Crippen LogP contribution is -1.53. The third-order valence-corrected chi connectivity index (χ3v) is 0.672. The summed E-state index contributed by atoms with van der Waals surface area (Å²) in [5, 5.41) is 6.76. The predicted octanol–water partition coefficient (Wildman–Crippen LogP) is 3.12. The van der Waals surface area contributed by atoms with Crippen LogP contribution in [0.4, 0.5) is 0 Å². The van der Waals surface area contributed by atoms with Gasteiger partial charge in [-0.1, -0.05) is 39.3 Å². The van der Waals surface area contributed by atoms with Crippen LogP contribution in [0, 0.1) is 0 Å². The third kappa shape index (κ3) is 7.50. The molecule has 3 heteroatoms. The Bertz CT molecular complexity index is 115. The maximum Gasteiger partial charge on any atom is 0.0783 e. The monoisotopic (exact) mass is 162 g/mol. The summed E-state index contributed by atoms with van der Waals surface area (Å²) in [5.74, 6) is 0. The number of nitrogens with zero attached hydrogens (tertiary/aromatic N) is 1. The van der Waals surface area contributed by atoms with Crippen LogP contribution in [0.15, 0.2) is 12.4 Å². The molecule has 0 saturated heterocycles. The number of hydrogen-bond donors (Lipinski definition) is 1. The summed E-state index contributed by atoms with van der Waals surface area (Å²) in [5.41, 5.74) is 0. The molecule has 0 unspecified atom stereocenters. The highest BCUT2D eigenvalue weighted by Crippen LogP contribution is 1.99. The molecule has 60 valence electrons. The Morgan fingerprint density at radius 1 is 1.30 bits per heavy atom. The van der Waals surface area contributed by atoms with Gasteiger partial charge in [-0.2, -0.15) is 5.10 Å². The van der Waals surface area contributed by atoms with Crippen molar-refractivity contribution >= 4 is 11.6 Å². The second-order valence-corrected chi connectivity index (χ2v) is 1.35. The predicted molar refractivity (Wildman–Crippen MR) is 46.3 cm³/mol. The highest BCUT2D eigenvalue weighted by molar-refractivity contribution is 6.30. The smallest absolute Gasteiger partial charge is 0.0783 e. The highest BCUT2D eigenvalue weighted by atomic mass is 35.5. The van der Waals surface area contributed by atoms with Crippen molar-refractivity contribution in [1.82, 2.24) is 10.2 Å². The largest absolute Gasteiger partial charge is 0.284 e. The van der Waals surface area contributed by atoms with Crippen LogP contribution in [0.25, 0.3) is 0 Å². The average molecular weight is 163 g/mol. The van der Waals surface area contributed by atoms with Crippen molar-refractivity contribution in [3.63, 3.8) is 0 Å². The minimum atomic E-state index is 0.648. The van der Waals surface area contributed by atoms with Crippen LogP contribution >= 0.6 is 11.6 Å². The van der Waals surface area contributed by atoms with Crippen molar-refractivity contribution in [3.8, 4) is 0 Å². The van der Waals surface area contributed by atoms with E-state index in [4.69, 9.17) is 11.6 Å². The quantitative estimate of drug-likeness (QED) is 0.624. The first kappa shape index (κ1) is 12.2. The Morgan fingerprint density at radius 2 is 1.80 bits per heavy atom. The maximum absolute atomic E-state index is 5.36. The summed E-state index contributed by atoms with van der Waals surface area (Å²) in [6.45, 7) is 8.00. The van der Waals surface area contributed by atoms with E-state index in [1.54, 1.807) is 12.4 Å². The van der Waals surface area contributed by atoms with Gasteiger partial charge in [0.2, 0.25) is 0 Å². The Balaban J connectivity index is 0. The zero-order chi connectivity index (χ0) is 8.41. The molecule has 0 aliphatic carbocycles. The number of H-pyrrole nitrogens is 1. The summed E-state index contributed by atoms with van der Waals surface area (Å²) >= 11 is 5.36. The molecule has 0 amide bonds. The summed E-state index contributed by atoms with van der Waals surface area (Å²) in [7, 11) is 0. The normalized spacial score (nSPS) is 6.50. The molecule has 0 aromatic carbocycles. The van der Waals surface area contributed by atoms with Crippen LogP contribution in [0.1, 0.15) is 27.7 Å². The fourth-order valence-electron chi connectivity index (χ4n) is 0.235. The van der Waals surface area contributed by atoms with Crippen molar-refractivity contribution in [1.29, 1.82) is 0 Å². The Morgan fingerprint density at radius 3 is 1.90 bits per heavy atom. The van der Waals surface area contributed by atoms with Crippen molar-refractivity contribution in [3.05, 3.63) is 17.4 Å². The minimum Gasteiger partial charge on any atom is -0.284 e. The third-order valence-electron chi connectivity index (χ3n) is 0.465. The van der Waals surface area contributed by atoms with Crippen molar-refractivity contribution < 1.29 is 0 Å². The van der Waals surface area contributed by atoms with Gasteiger partial charge in [-0.3, -0.25) is 5.10 Å². The summed E-state index contributed by atoms with van der Waals surface area (Å²) in [6, 6.07) is 0. The number of nitrogens with one attached hydrogen (secondary N) is 1. The lowest BCUT2D eigenvalue weighted by Gasteiger charge is -1.59. The molecule has 0 saturated carbocycles. The summed E-state index contributed by atoms with van der Waals surface area (Å²) in [4.78, 5) is 0. The molecule has 0 fully saturated rings. The van der Waals surface area contributed by atoms with E-state index >= 15 is 0 Å². The average Bonchev–Trinajstić information content (AvgIpc) is 2.48. The number of aromatic nitrogens is 2. The van der Waals surface area contributed by atoms with Crippen molar-refractivity contribution in [2.75, 3.05) is 0 Å². The number of hydrogen-bond acceptors (Lipinski definition) is 1. The molecule has 0 radical (unpaired) electrons. The van der Waals surface area contributed by atoms with E-state index < -0.39 is 0 Å². The van der Waals surface area contributed by atoms with Crippen LogP contribution < -0.4 is 0 Å². The first-order valence-electron chi connectivity index (χ1n) is 3.54.